The van der Waals surface area contributed by atoms with Crippen LogP contribution in [0.15, 0.2) is 11.5 Å². The molecule has 0 saturated carbocycles. The molecule has 20 heavy (non-hydrogen) atoms. The summed E-state index contributed by atoms with van der Waals surface area (Å²) in [5.74, 6) is -0.249. The first-order valence-electron chi connectivity index (χ1n) is 6.25. The van der Waals surface area contributed by atoms with Crippen molar-refractivity contribution in [2.45, 2.75) is 50.7 Å². The van der Waals surface area contributed by atoms with E-state index in [1.165, 1.54) is 6.92 Å². The molecule has 0 aromatic heterocycles. The highest BCUT2D eigenvalue weighted by Crippen LogP contribution is 2.28. The van der Waals surface area contributed by atoms with Crippen LogP contribution in [0.25, 0.3) is 0 Å². The van der Waals surface area contributed by atoms with Crippen molar-refractivity contribution in [2.75, 3.05) is 6.61 Å². The Bertz CT molecular complexity index is 418. The van der Waals surface area contributed by atoms with Gasteiger partial charge in [-0.05, 0) is 13.8 Å². The van der Waals surface area contributed by atoms with E-state index in [2.05, 4.69) is 0 Å². The molecule has 0 amide bonds. The third-order valence-electron chi connectivity index (χ3n) is 3.35. The summed E-state index contributed by atoms with van der Waals surface area (Å²) in [4.78, 5) is 11.8. The van der Waals surface area contributed by atoms with Crippen LogP contribution in [0.1, 0.15) is 13.8 Å². The number of aliphatic hydroxyl groups is 4. The fraction of sp³-hybridized carbons (Fsp3) is 0.750. The molecule has 0 aromatic rings. The van der Waals surface area contributed by atoms with E-state index in [9.17, 15) is 20.1 Å². The van der Waals surface area contributed by atoms with Gasteiger partial charge in [-0.2, -0.15) is 0 Å². The zero-order valence-electron chi connectivity index (χ0n) is 11.1. The van der Waals surface area contributed by atoms with Gasteiger partial charge < -0.3 is 34.6 Å². The molecule has 0 aliphatic carbocycles. The van der Waals surface area contributed by atoms with E-state index in [4.69, 9.17) is 19.3 Å². The van der Waals surface area contributed by atoms with Crippen LogP contribution < -0.4 is 0 Å². The lowest BCUT2D eigenvalue weighted by atomic mass is 9.99. The average Bonchev–Trinajstić information content (AvgIpc) is 2.65. The number of hydrogen-bond acceptors (Lipinski definition) is 8. The molecule has 8 heteroatoms. The molecule has 8 nitrogen and oxygen atoms in total. The van der Waals surface area contributed by atoms with Crippen molar-refractivity contribution in [1.29, 1.82) is 0 Å². The van der Waals surface area contributed by atoms with E-state index in [1.54, 1.807) is 6.92 Å². The minimum atomic E-state index is -1.56. The Morgan fingerprint density at radius 2 is 1.85 bits per heavy atom. The topological polar surface area (TPSA) is 126 Å². The van der Waals surface area contributed by atoms with Gasteiger partial charge in [0.05, 0.1) is 6.61 Å². The van der Waals surface area contributed by atoms with Crippen LogP contribution in [0.3, 0.4) is 0 Å². The second-order valence-electron chi connectivity index (χ2n) is 4.82. The molecule has 0 radical (unpaired) electrons. The fourth-order valence-electron chi connectivity index (χ4n) is 2.15. The van der Waals surface area contributed by atoms with Crippen LogP contribution in [0.2, 0.25) is 0 Å². The smallest absolute Gasteiger partial charge is 0.241 e. The van der Waals surface area contributed by atoms with Crippen LogP contribution in [0.5, 0.6) is 0 Å². The quantitative estimate of drug-likeness (QED) is 0.471. The molecule has 0 bridgehead atoms. The third kappa shape index (κ3) is 2.52. The summed E-state index contributed by atoms with van der Waals surface area (Å²) in [7, 11) is 0. The van der Waals surface area contributed by atoms with Crippen molar-refractivity contribution < 1.29 is 39.4 Å². The largest absolute Gasteiger partial charge is 0.483 e. The lowest BCUT2D eigenvalue weighted by Gasteiger charge is -2.39. The van der Waals surface area contributed by atoms with Crippen LogP contribution >= 0.6 is 0 Å². The maximum atomic E-state index is 11.8. The van der Waals surface area contributed by atoms with Gasteiger partial charge in [-0.15, -0.1) is 0 Å². The van der Waals surface area contributed by atoms with Crippen LogP contribution in [-0.2, 0) is 19.0 Å². The molecular formula is C12H18O8. The molecule has 2 heterocycles. The second kappa shape index (κ2) is 5.66. The molecule has 2 rings (SSSR count). The Kier molecular flexibility index (Phi) is 4.31. The number of carbonyl (C=O) groups excluding carboxylic acids is 1. The summed E-state index contributed by atoms with van der Waals surface area (Å²) < 4.78 is 15.6. The minimum absolute atomic E-state index is 0.0955. The summed E-state index contributed by atoms with van der Waals surface area (Å²) in [5, 5.41) is 38.1. The van der Waals surface area contributed by atoms with Crippen LogP contribution in [0, 0.1) is 0 Å². The molecular weight excluding hydrogens is 272 g/mol. The third-order valence-corrected chi connectivity index (χ3v) is 3.35. The molecule has 6 unspecified atom stereocenters. The predicted octanol–water partition coefficient (Wildman–Crippen LogP) is -1.98. The maximum absolute atomic E-state index is 11.8. The van der Waals surface area contributed by atoms with Crippen molar-refractivity contribution in [3.05, 3.63) is 11.5 Å². The fourth-order valence-corrected chi connectivity index (χ4v) is 2.15. The number of ketones is 1. The predicted molar refractivity (Wildman–Crippen MR) is 63.1 cm³/mol. The molecule has 2 aliphatic heterocycles. The number of rotatable bonds is 3. The van der Waals surface area contributed by atoms with Gasteiger partial charge in [-0.25, -0.2) is 0 Å². The normalized spacial score (nSPS) is 41.8. The monoisotopic (exact) mass is 290 g/mol. The number of ether oxygens (including phenoxy) is 3. The highest BCUT2D eigenvalue weighted by Gasteiger charge is 2.46. The summed E-state index contributed by atoms with van der Waals surface area (Å²) in [6.07, 6.45) is -7.74. The van der Waals surface area contributed by atoms with Crippen LogP contribution in [0.4, 0.5) is 0 Å². The number of aliphatic hydroxyl groups excluding tert-OH is 4. The standard InChI is InChI=1S/C12H18O8/c1-4-7(14)11(5(2)18-4)20-12-10(17)9(16)8(15)6(3-13)19-12/h4,6,8-10,12-13,15-17H,3H2,1-2H3. The Hall–Kier alpha value is -1.19. The Morgan fingerprint density at radius 1 is 1.20 bits per heavy atom. The zero-order valence-corrected chi connectivity index (χ0v) is 11.1. The molecule has 6 atom stereocenters. The summed E-state index contributed by atoms with van der Waals surface area (Å²) in [5.41, 5.74) is 0. The summed E-state index contributed by atoms with van der Waals surface area (Å²) in [6.45, 7) is 2.51. The van der Waals surface area contributed by atoms with Crippen molar-refractivity contribution in [2.24, 2.45) is 0 Å². The van der Waals surface area contributed by atoms with Gasteiger partial charge in [0, 0.05) is 0 Å². The molecule has 114 valence electrons. The van der Waals surface area contributed by atoms with E-state index >= 15 is 0 Å². The van der Waals surface area contributed by atoms with Gasteiger partial charge in [0.15, 0.2) is 6.10 Å². The van der Waals surface area contributed by atoms with E-state index in [-0.39, 0.29) is 11.5 Å². The number of allylic oxidation sites excluding steroid dienone is 1. The van der Waals surface area contributed by atoms with E-state index in [0.29, 0.717) is 0 Å². The van der Waals surface area contributed by atoms with Gasteiger partial charge in [0.2, 0.25) is 17.8 Å². The van der Waals surface area contributed by atoms with Gasteiger partial charge in [0.25, 0.3) is 0 Å². The first-order valence-corrected chi connectivity index (χ1v) is 6.25. The van der Waals surface area contributed by atoms with E-state index < -0.39 is 49.2 Å². The van der Waals surface area contributed by atoms with Crippen LogP contribution in [-0.4, -0.2) is 69.6 Å². The molecule has 0 aromatic carbocycles. The Morgan fingerprint density at radius 3 is 2.35 bits per heavy atom. The molecule has 0 spiro atoms. The first-order chi connectivity index (χ1) is 9.36. The Labute approximate surface area is 115 Å². The highest BCUT2D eigenvalue weighted by atomic mass is 16.7. The van der Waals surface area contributed by atoms with E-state index in [1.807, 2.05) is 0 Å². The van der Waals surface area contributed by atoms with Gasteiger partial charge in [0.1, 0.15) is 30.2 Å². The van der Waals surface area contributed by atoms with E-state index in [0.717, 1.165) is 0 Å². The number of hydrogen-bond donors (Lipinski definition) is 4. The van der Waals surface area contributed by atoms with Crippen molar-refractivity contribution in [3.63, 3.8) is 0 Å². The lowest BCUT2D eigenvalue weighted by Crippen LogP contribution is -2.59. The van der Waals surface area contributed by atoms with Gasteiger partial charge >= 0.3 is 0 Å². The average molecular weight is 290 g/mol. The second-order valence-corrected chi connectivity index (χ2v) is 4.82. The first kappa shape index (κ1) is 15.2. The summed E-state index contributed by atoms with van der Waals surface area (Å²) >= 11 is 0. The summed E-state index contributed by atoms with van der Waals surface area (Å²) in [6, 6.07) is 0. The Balaban J connectivity index is 2.13. The number of Topliss-reactive ketones (excluding diaryl/α,β-unsaturated/α-hetero) is 1. The maximum Gasteiger partial charge on any atom is 0.241 e. The van der Waals surface area contributed by atoms with Gasteiger partial charge in [-0.3, -0.25) is 4.79 Å². The SMILES string of the molecule is CC1=C(OC2OC(CO)C(O)C(O)C2O)C(=O)C(C)O1. The van der Waals surface area contributed by atoms with Crippen molar-refractivity contribution in [1.82, 2.24) is 0 Å². The highest BCUT2D eigenvalue weighted by molar-refractivity contribution is 5.99. The number of carbonyl (C=O) groups is 1. The van der Waals surface area contributed by atoms with Crippen molar-refractivity contribution in [3.8, 4) is 0 Å². The molecule has 2 aliphatic rings. The molecule has 4 N–H and O–H groups in total. The molecule has 1 fully saturated rings. The van der Waals surface area contributed by atoms with Gasteiger partial charge in [-0.1, -0.05) is 0 Å². The molecule has 1 saturated heterocycles. The van der Waals surface area contributed by atoms with Crippen molar-refractivity contribution >= 4 is 5.78 Å². The minimum Gasteiger partial charge on any atom is -0.483 e. The zero-order chi connectivity index (χ0) is 15.0. The lowest BCUT2D eigenvalue weighted by molar-refractivity contribution is -0.290.